The Balaban J connectivity index is 2.04. The van der Waals surface area contributed by atoms with Crippen LogP contribution in [0.3, 0.4) is 0 Å². The lowest BCUT2D eigenvalue weighted by molar-refractivity contribution is 0.0697. The highest BCUT2D eigenvalue weighted by molar-refractivity contribution is 7.92. The highest BCUT2D eigenvalue weighted by Crippen LogP contribution is 2.47. The quantitative estimate of drug-likeness (QED) is 0.768. The third-order valence-electron chi connectivity index (χ3n) is 5.82. The van der Waals surface area contributed by atoms with Gasteiger partial charge >= 0.3 is 5.97 Å². The molecule has 5 nitrogen and oxygen atoms in total. The molecule has 0 saturated carbocycles. The van der Waals surface area contributed by atoms with Gasteiger partial charge in [0.2, 0.25) is 0 Å². The molecule has 0 fully saturated rings. The summed E-state index contributed by atoms with van der Waals surface area (Å²) in [5, 5.41) is 8.99. The lowest BCUT2D eigenvalue weighted by Crippen LogP contribution is -2.34. The van der Waals surface area contributed by atoms with Crippen LogP contribution in [-0.2, 0) is 20.9 Å². The Hall–Kier alpha value is -2.34. The van der Waals surface area contributed by atoms with Crippen LogP contribution in [0, 0.1) is 6.92 Å². The first-order valence-corrected chi connectivity index (χ1v) is 10.8. The number of sulfonamides is 1. The van der Waals surface area contributed by atoms with E-state index in [9.17, 15) is 13.2 Å². The first-order chi connectivity index (χ1) is 12.8. The number of rotatable bonds is 4. The number of nitrogens with one attached hydrogen (secondary N) is 1. The van der Waals surface area contributed by atoms with Crippen molar-refractivity contribution in [2.45, 2.75) is 63.2 Å². The van der Waals surface area contributed by atoms with Crippen LogP contribution in [0.4, 0.5) is 5.69 Å². The van der Waals surface area contributed by atoms with Crippen molar-refractivity contribution in [3.63, 3.8) is 0 Å². The number of aryl methyl sites for hydroxylation is 1. The van der Waals surface area contributed by atoms with Gasteiger partial charge < -0.3 is 5.11 Å². The van der Waals surface area contributed by atoms with Crippen LogP contribution in [0.25, 0.3) is 0 Å². The molecule has 3 rings (SSSR count). The molecule has 0 saturated heterocycles. The van der Waals surface area contributed by atoms with Crippen LogP contribution in [0.5, 0.6) is 0 Å². The predicted octanol–water partition coefficient (Wildman–Crippen LogP) is 4.84. The van der Waals surface area contributed by atoms with Crippen molar-refractivity contribution in [3.05, 3.63) is 58.7 Å². The largest absolute Gasteiger partial charge is 0.478 e. The molecule has 2 N–H and O–H groups in total. The number of benzene rings is 2. The zero-order chi connectivity index (χ0) is 20.9. The first kappa shape index (κ1) is 20.4. The summed E-state index contributed by atoms with van der Waals surface area (Å²) < 4.78 is 28.7. The molecule has 0 atom stereocenters. The van der Waals surface area contributed by atoms with E-state index in [-0.39, 0.29) is 21.3 Å². The summed E-state index contributed by atoms with van der Waals surface area (Å²) >= 11 is 0. The van der Waals surface area contributed by atoms with Crippen LogP contribution < -0.4 is 4.72 Å². The van der Waals surface area contributed by atoms with Crippen molar-refractivity contribution in [2.24, 2.45) is 0 Å². The second kappa shape index (κ2) is 6.62. The Labute approximate surface area is 166 Å². The number of anilines is 1. The summed E-state index contributed by atoms with van der Waals surface area (Å²) in [5.74, 6) is -1.05. The van der Waals surface area contributed by atoms with Gasteiger partial charge in [0.15, 0.2) is 0 Å². The molecule has 0 unspecified atom stereocenters. The smallest absolute Gasteiger partial charge is 0.335 e. The first-order valence-electron chi connectivity index (χ1n) is 9.35. The van der Waals surface area contributed by atoms with Crippen LogP contribution in [-0.4, -0.2) is 19.5 Å². The van der Waals surface area contributed by atoms with E-state index in [1.807, 2.05) is 19.1 Å². The fraction of sp³-hybridized carbons (Fsp3) is 0.409. The van der Waals surface area contributed by atoms with E-state index in [1.54, 1.807) is 0 Å². The molecule has 0 radical (unpaired) electrons. The van der Waals surface area contributed by atoms with Gasteiger partial charge in [-0.05, 0) is 77.6 Å². The monoisotopic (exact) mass is 401 g/mol. The van der Waals surface area contributed by atoms with Gasteiger partial charge in [0.1, 0.15) is 0 Å². The molecule has 2 aromatic rings. The fourth-order valence-electron chi connectivity index (χ4n) is 3.88. The van der Waals surface area contributed by atoms with Gasteiger partial charge in [-0.25, -0.2) is 13.2 Å². The zero-order valence-electron chi connectivity index (χ0n) is 17.0. The third-order valence-corrected chi connectivity index (χ3v) is 7.35. The fourth-order valence-corrected chi connectivity index (χ4v) is 5.19. The normalized spacial score (nSPS) is 17.6. The van der Waals surface area contributed by atoms with Gasteiger partial charge in [-0.2, -0.15) is 0 Å². The Morgan fingerprint density at radius 2 is 1.46 bits per heavy atom. The minimum absolute atomic E-state index is 0.0119. The number of hydrogen-bond acceptors (Lipinski definition) is 3. The lowest BCUT2D eigenvalue weighted by Gasteiger charge is -2.42. The van der Waals surface area contributed by atoms with E-state index < -0.39 is 16.0 Å². The molecule has 0 heterocycles. The van der Waals surface area contributed by atoms with E-state index >= 15 is 0 Å². The number of aromatic carboxylic acids is 1. The van der Waals surface area contributed by atoms with Crippen molar-refractivity contribution in [1.82, 2.24) is 0 Å². The zero-order valence-corrected chi connectivity index (χ0v) is 17.8. The Bertz CT molecular complexity index is 1030. The van der Waals surface area contributed by atoms with Crippen LogP contribution >= 0.6 is 0 Å². The molecular weight excluding hydrogens is 374 g/mol. The third kappa shape index (κ3) is 3.65. The molecule has 1 aliphatic carbocycles. The average molecular weight is 402 g/mol. The SMILES string of the molecule is Cc1cc2c(cc1S(=O)(=O)Nc1ccc(C(=O)O)cc1)C(C)(C)CCC2(C)C. The summed E-state index contributed by atoms with van der Waals surface area (Å²) in [5.41, 5.74) is 3.36. The van der Waals surface area contributed by atoms with E-state index in [0.717, 1.165) is 18.4 Å². The van der Waals surface area contributed by atoms with E-state index in [1.165, 1.54) is 29.8 Å². The van der Waals surface area contributed by atoms with Gasteiger partial charge in [0, 0.05) is 5.69 Å². The van der Waals surface area contributed by atoms with Gasteiger partial charge in [-0.1, -0.05) is 33.8 Å². The van der Waals surface area contributed by atoms with Crippen molar-refractivity contribution < 1.29 is 18.3 Å². The molecular formula is C22H27NO4S. The number of hydrogen-bond donors (Lipinski definition) is 2. The van der Waals surface area contributed by atoms with Crippen LogP contribution in [0.1, 0.15) is 67.6 Å². The molecule has 0 aromatic heterocycles. The lowest BCUT2D eigenvalue weighted by atomic mass is 9.63. The van der Waals surface area contributed by atoms with E-state index in [0.29, 0.717) is 11.3 Å². The maximum absolute atomic E-state index is 13.1. The minimum Gasteiger partial charge on any atom is -0.478 e. The maximum Gasteiger partial charge on any atom is 0.335 e. The van der Waals surface area contributed by atoms with Gasteiger partial charge in [-0.3, -0.25) is 4.72 Å². The molecule has 150 valence electrons. The average Bonchev–Trinajstić information content (AvgIpc) is 2.58. The highest BCUT2D eigenvalue weighted by Gasteiger charge is 2.38. The molecule has 0 aliphatic heterocycles. The van der Waals surface area contributed by atoms with Crippen LogP contribution in [0.2, 0.25) is 0 Å². The van der Waals surface area contributed by atoms with Crippen molar-refractivity contribution in [1.29, 1.82) is 0 Å². The van der Waals surface area contributed by atoms with Crippen molar-refractivity contribution in [3.8, 4) is 0 Å². The molecule has 1 aliphatic rings. The molecule has 0 bridgehead atoms. The number of carboxylic acid groups (broad SMARTS) is 1. The van der Waals surface area contributed by atoms with Gasteiger partial charge in [-0.15, -0.1) is 0 Å². The minimum atomic E-state index is -3.80. The summed E-state index contributed by atoms with van der Waals surface area (Å²) in [6.07, 6.45) is 2.06. The molecule has 0 amide bonds. The highest BCUT2D eigenvalue weighted by atomic mass is 32.2. The molecule has 0 spiro atoms. The summed E-state index contributed by atoms with van der Waals surface area (Å²) in [7, 11) is -3.80. The predicted molar refractivity (Wildman–Crippen MR) is 111 cm³/mol. The molecule has 6 heteroatoms. The van der Waals surface area contributed by atoms with Crippen molar-refractivity contribution in [2.75, 3.05) is 4.72 Å². The number of carboxylic acids is 1. The molecule has 28 heavy (non-hydrogen) atoms. The maximum atomic E-state index is 13.1. The van der Waals surface area contributed by atoms with Crippen LogP contribution in [0.15, 0.2) is 41.3 Å². The van der Waals surface area contributed by atoms with E-state index in [4.69, 9.17) is 5.11 Å². The summed E-state index contributed by atoms with van der Waals surface area (Å²) in [4.78, 5) is 11.2. The Morgan fingerprint density at radius 1 is 0.964 bits per heavy atom. The standard InChI is InChI=1S/C22H27NO4S/c1-14-12-17-18(22(4,5)11-10-21(17,2)3)13-19(14)28(26,27)23-16-8-6-15(7-9-16)20(24)25/h6-9,12-13,23H,10-11H2,1-5H3,(H,24,25). The number of carbonyl (C=O) groups is 1. The topological polar surface area (TPSA) is 83.5 Å². The Morgan fingerprint density at radius 3 is 1.96 bits per heavy atom. The second-order valence-corrected chi connectivity index (χ2v) is 10.6. The van der Waals surface area contributed by atoms with Gasteiger partial charge in [0.05, 0.1) is 10.5 Å². The van der Waals surface area contributed by atoms with Crippen molar-refractivity contribution >= 4 is 21.7 Å². The second-order valence-electron chi connectivity index (χ2n) is 8.92. The number of fused-ring (bicyclic) bond motifs is 1. The molecule has 2 aromatic carbocycles. The van der Waals surface area contributed by atoms with E-state index in [2.05, 4.69) is 32.4 Å². The summed E-state index contributed by atoms with van der Waals surface area (Å²) in [6, 6.07) is 9.51. The van der Waals surface area contributed by atoms with Gasteiger partial charge in [0.25, 0.3) is 10.0 Å². The Kier molecular flexibility index (Phi) is 4.82. The summed E-state index contributed by atoms with van der Waals surface area (Å²) in [6.45, 7) is 10.5.